The number of nitrogens with one attached hydrogen (secondary N) is 1. The Balaban J connectivity index is 2.81. The summed E-state index contributed by atoms with van der Waals surface area (Å²) in [5.41, 5.74) is 1.35. The minimum absolute atomic E-state index is 0.529. The summed E-state index contributed by atoms with van der Waals surface area (Å²) in [6, 6.07) is 8.93. The lowest BCUT2D eigenvalue weighted by atomic mass is 9.88. The zero-order valence-corrected chi connectivity index (χ0v) is 11.7. The van der Waals surface area contributed by atoms with Crippen molar-refractivity contribution < 1.29 is 4.74 Å². The maximum Gasteiger partial charge on any atom is 0.119 e. The highest BCUT2D eigenvalue weighted by molar-refractivity contribution is 5.31. The van der Waals surface area contributed by atoms with Gasteiger partial charge in [-0.15, -0.1) is 0 Å². The molecule has 0 amide bonds. The fraction of sp³-hybridized carbons (Fsp3) is 0.600. The molecule has 2 heteroatoms. The highest BCUT2D eigenvalue weighted by atomic mass is 16.5. The minimum atomic E-state index is 0.529. The van der Waals surface area contributed by atoms with Gasteiger partial charge in [0.15, 0.2) is 0 Å². The molecule has 0 aliphatic rings. The second-order valence-corrected chi connectivity index (χ2v) is 5.19. The molecule has 1 unspecified atom stereocenters. The monoisotopic (exact) mass is 235 g/mol. The van der Waals surface area contributed by atoms with Crippen LogP contribution in [0.25, 0.3) is 0 Å². The zero-order chi connectivity index (χ0) is 12.8. The first kappa shape index (κ1) is 14.0. The highest BCUT2D eigenvalue weighted by Crippen LogP contribution is 2.26. The Morgan fingerprint density at radius 1 is 1.18 bits per heavy atom. The van der Waals surface area contributed by atoms with Gasteiger partial charge in [-0.2, -0.15) is 0 Å². The molecule has 1 atom stereocenters. The summed E-state index contributed by atoms with van der Waals surface area (Å²) < 4.78 is 5.29. The molecule has 0 aromatic heterocycles. The largest absolute Gasteiger partial charge is 0.497 e. The van der Waals surface area contributed by atoms with Crippen molar-refractivity contribution in [2.24, 2.45) is 5.92 Å². The average molecular weight is 235 g/mol. The van der Waals surface area contributed by atoms with Crippen LogP contribution < -0.4 is 10.1 Å². The Morgan fingerprint density at radius 3 is 2.41 bits per heavy atom. The third kappa shape index (κ3) is 4.39. The first-order valence-electron chi connectivity index (χ1n) is 6.42. The Morgan fingerprint density at radius 2 is 1.88 bits per heavy atom. The van der Waals surface area contributed by atoms with Crippen LogP contribution in [0.5, 0.6) is 5.75 Å². The van der Waals surface area contributed by atoms with Crippen LogP contribution in [0.4, 0.5) is 0 Å². The standard InChI is InChI=1S/C15H25NO/c1-11(2)15(10-16-12(3)4)13-7-6-8-14(9-13)17-5/h6-9,11-12,15-16H,10H2,1-5H3. The molecular formula is C15H25NO. The van der Waals surface area contributed by atoms with Gasteiger partial charge in [-0.3, -0.25) is 0 Å². The molecule has 1 aromatic rings. The molecule has 0 heterocycles. The van der Waals surface area contributed by atoms with Crippen molar-refractivity contribution in [3.8, 4) is 5.75 Å². The lowest BCUT2D eigenvalue weighted by Crippen LogP contribution is -2.30. The van der Waals surface area contributed by atoms with E-state index in [1.165, 1.54) is 5.56 Å². The molecule has 0 aliphatic heterocycles. The lowest BCUT2D eigenvalue weighted by molar-refractivity contribution is 0.409. The number of rotatable bonds is 6. The van der Waals surface area contributed by atoms with E-state index < -0.39 is 0 Å². The first-order chi connectivity index (χ1) is 8.04. The minimum Gasteiger partial charge on any atom is -0.497 e. The van der Waals surface area contributed by atoms with E-state index in [-0.39, 0.29) is 0 Å². The van der Waals surface area contributed by atoms with Crippen molar-refractivity contribution in [3.05, 3.63) is 29.8 Å². The van der Waals surface area contributed by atoms with Crippen LogP contribution in [0.15, 0.2) is 24.3 Å². The summed E-state index contributed by atoms with van der Waals surface area (Å²) in [4.78, 5) is 0. The Labute approximate surface area is 105 Å². The van der Waals surface area contributed by atoms with Crippen LogP contribution in [0.3, 0.4) is 0 Å². The Hall–Kier alpha value is -1.02. The van der Waals surface area contributed by atoms with Crippen molar-refractivity contribution in [1.82, 2.24) is 5.32 Å². The van der Waals surface area contributed by atoms with Gasteiger partial charge in [0.25, 0.3) is 0 Å². The van der Waals surface area contributed by atoms with Gasteiger partial charge < -0.3 is 10.1 Å². The van der Waals surface area contributed by atoms with Crippen LogP contribution in [0, 0.1) is 5.92 Å². The van der Waals surface area contributed by atoms with Gasteiger partial charge in [0.1, 0.15) is 5.75 Å². The number of methoxy groups -OCH3 is 1. The van der Waals surface area contributed by atoms with Crippen LogP contribution in [-0.2, 0) is 0 Å². The summed E-state index contributed by atoms with van der Waals surface area (Å²) in [6.45, 7) is 9.92. The van der Waals surface area contributed by atoms with E-state index in [9.17, 15) is 0 Å². The molecule has 0 spiro atoms. The summed E-state index contributed by atoms with van der Waals surface area (Å²) in [5.74, 6) is 2.10. The molecule has 1 N–H and O–H groups in total. The van der Waals surface area contributed by atoms with Crippen LogP contribution >= 0.6 is 0 Å². The van der Waals surface area contributed by atoms with Gasteiger partial charge in [-0.1, -0.05) is 39.8 Å². The third-order valence-electron chi connectivity index (χ3n) is 3.07. The fourth-order valence-corrected chi connectivity index (χ4v) is 1.97. The van der Waals surface area contributed by atoms with Crippen LogP contribution in [0.1, 0.15) is 39.2 Å². The van der Waals surface area contributed by atoms with Gasteiger partial charge in [-0.05, 0) is 29.5 Å². The second-order valence-electron chi connectivity index (χ2n) is 5.19. The molecule has 1 aromatic carbocycles. The highest BCUT2D eigenvalue weighted by Gasteiger charge is 2.16. The maximum atomic E-state index is 5.29. The number of hydrogen-bond donors (Lipinski definition) is 1. The number of ether oxygens (including phenoxy) is 1. The van der Waals surface area contributed by atoms with E-state index in [0.29, 0.717) is 17.9 Å². The van der Waals surface area contributed by atoms with Gasteiger partial charge in [-0.25, -0.2) is 0 Å². The first-order valence-corrected chi connectivity index (χ1v) is 6.42. The van der Waals surface area contributed by atoms with E-state index in [4.69, 9.17) is 4.74 Å². The van der Waals surface area contributed by atoms with Gasteiger partial charge in [0.05, 0.1) is 7.11 Å². The summed E-state index contributed by atoms with van der Waals surface area (Å²) in [5, 5.41) is 3.52. The van der Waals surface area contributed by atoms with E-state index in [0.717, 1.165) is 12.3 Å². The number of hydrogen-bond acceptors (Lipinski definition) is 2. The smallest absolute Gasteiger partial charge is 0.119 e. The van der Waals surface area contributed by atoms with Crippen molar-refractivity contribution in [2.45, 2.75) is 39.7 Å². The molecule has 0 fully saturated rings. The van der Waals surface area contributed by atoms with Crippen molar-refractivity contribution >= 4 is 0 Å². The average Bonchev–Trinajstić information content (AvgIpc) is 2.28. The van der Waals surface area contributed by atoms with Crippen LogP contribution in [-0.4, -0.2) is 19.7 Å². The Kier molecular flexibility index (Phi) is 5.49. The Bertz CT molecular complexity index is 333. The van der Waals surface area contributed by atoms with E-state index in [1.54, 1.807) is 7.11 Å². The van der Waals surface area contributed by atoms with Gasteiger partial charge >= 0.3 is 0 Å². The molecule has 0 radical (unpaired) electrons. The summed E-state index contributed by atoms with van der Waals surface area (Å²) in [6.07, 6.45) is 0. The SMILES string of the molecule is COc1cccc(C(CNC(C)C)C(C)C)c1. The van der Waals surface area contributed by atoms with Gasteiger partial charge in [0.2, 0.25) is 0 Å². The zero-order valence-electron chi connectivity index (χ0n) is 11.7. The molecule has 17 heavy (non-hydrogen) atoms. The summed E-state index contributed by atoms with van der Waals surface area (Å²) in [7, 11) is 1.72. The molecule has 0 bridgehead atoms. The van der Waals surface area contributed by atoms with E-state index in [1.807, 2.05) is 6.07 Å². The molecule has 96 valence electrons. The van der Waals surface area contributed by atoms with Gasteiger partial charge in [0, 0.05) is 12.6 Å². The van der Waals surface area contributed by atoms with Crippen molar-refractivity contribution in [3.63, 3.8) is 0 Å². The molecule has 0 aliphatic carbocycles. The molecule has 0 saturated heterocycles. The van der Waals surface area contributed by atoms with Crippen LogP contribution in [0.2, 0.25) is 0 Å². The van der Waals surface area contributed by atoms with Crippen molar-refractivity contribution in [2.75, 3.05) is 13.7 Å². The second kappa shape index (κ2) is 6.65. The lowest BCUT2D eigenvalue weighted by Gasteiger charge is -2.23. The number of benzene rings is 1. The van der Waals surface area contributed by atoms with Crippen molar-refractivity contribution in [1.29, 1.82) is 0 Å². The summed E-state index contributed by atoms with van der Waals surface area (Å²) >= 11 is 0. The topological polar surface area (TPSA) is 21.3 Å². The predicted octanol–water partition coefficient (Wildman–Crippen LogP) is 3.43. The molecule has 2 nitrogen and oxygen atoms in total. The quantitative estimate of drug-likeness (QED) is 0.815. The normalized spacial score (nSPS) is 13.1. The predicted molar refractivity (Wildman–Crippen MR) is 73.7 cm³/mol. The maximum absolute atomic E-state index is 5.29. The van der Waals surface area contributed by atoms with E-state index in [2.05, 4.69) is 51.2 Å². The van der Waals surface area contributed by atoms with E-state index >= 15 is 0 Å². The molecule has 1 rings (SSSR count). The molecule has 0 saturated carbocycles. The molecular weight excluding hydrogens is 210 g/mol. The third-order valence-corrected chi connectivity index (χ3v) is 3.07. The fourth-order valence-electron chi connectivity index (χ4n) is 1.97.